The lowest BCUT2D eigenvalue weighted by Gasteiger charge is -2.16. The molecule has 1 heterocycles. The highest BCUT2D eigenvalue weighted by atomic mass is 79.9. The van der Waals surface area contributed by atoms with Crippen molar-refractivity contribution in [2.45, 2.75) is 6.92 Å². The lowest BCUT2D eigenvalue weighted by molar-refractivity contribution is 0.0527. The van der Waals surface area contributed by atoms with Crippen LogP contribution in [-0.2, 0) is 4.74 Å². The smallest absolute Gasteiger partial charge is 0.340 e. The molecule has 2 N–H and O–H groups in total. The maximum Gasteiger partial charge on any atom is 0.340 e. The Kier molecular flexibility index (Phi) is 5.14. The van der Waals surface area contributed by atoms with E-state index < -0.39 is 5.97 Å². The molecule has 3 rings (SSSR count). The molecular formula is C20H17BrN2O2. The molecule has 0 unspecified atom stereocenters. The van der Waals surface area contributed by atoms with E-state index in [4.69, 9.17) is 10.5 Å². The highest BCUT2D eigenvalue weighted by Gasteiger charge is 2.21. The molecule has 0 amide bonds. The highest BCUT2D eigenvalue weighted by molar-refractivity contribution is 9.10. The van der Waals surface area contributed by atoms with Gasteiger partial charge in [0.15, 0.2) is 0 Å². The van der Waals surface area contributed by atoms with Crippen LogP contribution in [0.25, 0.3) is 22.3 Å². The van der Waals surface area contributed by atoms with Gasteiger partial charge in [-0.3, -0.25) is 0 Å². The van der Waals surface area contributed by atoms with Gasteiger partial charge in [-0.15, -0.1) is 0 Å². The third-order valence-corrected chi connectivity index (χ3v) is 4.33. The monoisotopic (exact) mass is 396 g/mol. The van der Waals surface area contributed by atoms with Gasteiger partial charge in [-0.05, 0) is 30.2 Å². The Hall–Kier alpha value is -2.66. The van der Waals surface area contributed by atoms with Crippen molar-refractivity contribution in [3.8, 4) is 22.3 Å². The number of carbonyl (C=O) groups excluding carboxylic acids is 1. The van der Waals surface area contributed by atoms with Crippen LogP contribution in [0.3, 0.4) is 0 Å². The van der Waals surface area contributed by atoms with Crippen LogP contribution >= 0.6 is 15.9 Å². The molecule has 0 radical (unpaired) electrons. The number of carbonyl (C=O) groups is 1. The van der Waals surface area contributed by atoms with Crippen molar-refractivity contribution in [1.29, 1.82) is 0 Å². The summed E-state index contributed by atoms with van der Waals surface area (Å²) < 4.78 is 6.17. The van der Waals surface area contributed by atoms with Crippen LogP contribution in [0, 0.1) is 0 Å². The fraction of sp³-hybridized carbons (Fsp3) is 0.100. The van der Waals surface area contributed by atoms with Gasteiger partial charge >= 0.3 is 5.97 Å². The first-order chi connectivity index (χ1) is 12.1. The topological polar surface area (TPSA) is 65.2 Å². The summed E-state index contributed by atoms with van der Waals surface area (Å²) in [6, 6.07) is 17.4. The first-order valence-corrected chi connectivity index (χ1v) is 8.68. The van der Waals surface area contributed by atoms with Gasteiger partial charge in [0.1, 0.15) is 5.82 Å². The fourth-order valence-electron chi connectivity index (χ4n) is 2.70. The van der Waals surface area contributed by atoms with Crippen LogP contribution in [0.2, 0.25) is 0 Å². The predicted octanol–water partition coefficient (Wildman–Crippen LogP) is 4.94. The van der Waals surface area contributed by atoms with Gasteiger partial charge in [-0.2, -0.15) is 0 Å². The maximum atomic E-state index is 12.5. The van der Waals surface area contributed by atoms with E-state index in [1.165, 1.54) is 6.20 Å². The summed E-state index contributed by atoms with van der Waals surface area (Å²) in [4.78, 5) is 16.7. The lowest BCUT2D eigenvalue weighted by Crippen LogP contribution is -2.10. The molecule has 0 spiro atoms. The lowest BCUT2D eigenvalue weighted by atomic mass is 9.92. The molecule has 4 nitrogen and oxygen atoms in total. The van der Waals surface area contributed by atoms with Crippen LogP contribution < -0.4 is 5.73 Å². The number of ether oxygens (including phenoxy) is 1. The predicted molar refractivity (Wildman–Crippen MR) is 103 cm³/mol. The summed E-state index contributed by atoms with van der Waals surface area (Å²) in [5.41, 5.74) is 9.82. The molecule has 0 saturated heterocycles. The number of rotatable bonds is 4. The Morgan fingerprint density at radius 1 is 1.04 bits per heavy atom. The van der Waals surface area contributed by atoms with Gasteiger partial charge in [0, 0.05) is 21.8 Å². The minimum absolute atomic E-state index is 0.295. The van der Waals surface area contributed by atoms with Crippen molar-refractivity contribution in [3.05, 3.63) is 70.8 Å². The second kappa shape index (κ2) is 7.49. The van der Waals surface area contributed by atoms with Gasteiger partial charge in [-0.25, -0.2) is 9.78 Å². The van der Waals surface area contributed by atoms with Crippen LogP contribution in [0.4, 0.5) is 5.82 Å². The SMILES string of the molecule is CCOC(=O)c1cnc(N)c(-c2ccccc2)c1-c1ccc(Br)cc1. The van der Waals surface area contributed by atoms with Crippen LogP contribution in [0.5, 0.6) is 0 Å². The minimum Gasteiger partial charge on any atom is -0.462 e. The summed E-state index contributed by atoms with van der Waals surface area (Å²) in [6.07, 6.45) is 1.48. The standard InChI is InChI=1S/C20H17BrN2O2/c1-2-25-20(24)16-12-23-19(22)18(13-6-4-3-5-7-13)17(16)14-8-10-15(21)11-9-14/h3-12H,2H2,1H3,(H2,22,23). The van der Waals surface area contributed by atoms with E-state index >= 15 is 0 Å². The average Bonchev–Trinajstić information content (AvgIpc) is 2.63. The Morgan fingerprint density at radius 2 is 1.68 bits per heavy atom. The third kappa shape index (κ3) is 3.56. The largest absolute Gasteiger partial charge is 0.462 e. The first-order valence-electron chi connectivity index (χ1n) is 7.88. The molecule has 3 aromatic rings. The Labute approximate surface area is 154 Å². The first kappa shape index (κ1) is 17.2. The number of esters is 1. The molecule has 0 aliphatic heterocycles. The maximum absolute atomic E-state index is 12.5. The number of anilines is 1. The quantitative estimate of drug-likeness (QED) is 0.634. The van der Waals surface area contributed by atoms with Gasteiger partial charge in [0.25, 0.3) is 0 Å². The molecule has 0 fully saturated rings. The van der Waals surface area contributed by atoms with E-state index in [-0.39, 0.29) is 0 Å². The number of aromatic nitrogens is 1. The van der Waals surface area contributed by atoms with Crippen molar-refractivity contribution < 1.29 is 9.53 Å². The summed E-state index contributed by atoms with van der Waals surface area (Å²) in [5.74, 6) is -0.0396. The zero-order valence-corrected chi connectivity index (χ0v) is 15.3. The number of halogens is 1. The van der Waals surface area contributed by atoms with Gasteiger partial charge in [0.2, 0.25) is 0 Å². The number of nitrogen functional groups attached to an aromatic ring is 1. The van der Waals surface area contributed by atoms with E-state index in [1.807, 2.05) is 54.6 Å². The normalized spacial score (nSPS) is 10.5. The van der Waals surface area contributed by atoms with E-state index in [2.05, 4.69) is 20.9 Å². The molecule has 0 atom stereocenters. The van der Waals surface area contributed by atoms with Crippen molar-refractivity contribution in [1.82, 2.24) is 4.98 Å². The summed E-state index contributed by atoms with van der Waals surface area (Å²) >= 11 is 3.44. The van der Waals surface area contributed by atoms with Gasteiger partial charge < -0.3 is 10.5 Å². The molecule has 2 aromatic carbocycles. The molecule has 5 heteroatoms. The van der Waals surface area contributed by atoms with Crippen LogP contribution in [0.1, 0.15) is 17.3 Å². The molecule has 126 valence electrons. The number of nitrogens with zero attached hydrogens (tertiary/aromatic N) is 1. The van der Waals surface area contributed by atoms with E-state index in [1.54, 1.807) is 6.92 Å². The molecule has 25 heavy (non-hydrogen) atoms. The zero-order valence-electron chi connectivity index (χ0n) is 13.7. The molecule has 0 aliphatic carbocycles. The molecule has 0 saturated carbocycles. The van der Waals surface area contributed by atoms with Crippen molar-refractivity contribution in [2.75, 3.05) is 12.3 Å². The Morgan fingerprint density at radius 3 is 2.32 bits per heavy atom. The van der Waals surface area contributed by atoms with Gasteiger partial charge in [0.05, 0.1) is 12.2 Å². The molecule has 1 aromatic heterocycles. The van der Waals surface area contributed by atoms with E-state index in [9.17, 15) is 4.79 Å². The number of benzene rings is 2. The molecular weight excluding hydrogens is 380 g/mol. The minimum atomic E-state index is -0.412. The zero-order chi connectivity index (χ0) is 17.8. The second-order valence-electron chi connectivity index (χ2n) is 5.40. The number of pyridine rings is 1. The number of hydrogen-bond acceptors (Lipinski definition) is 4. The third-order valence-electron chi connectivity index (χ3n) is 3.80. The van der Waals surface area contributed by atoms with E-state index in [0.29, 0.717) is 18.0 Å². The van der Waals surface area contributed by atoms with E-state index in [0.717, 1.165) is 26.7 Å². The fourth-order valence-corrected chi connectivity index (χ4v) is 2.97. The van der Waals surface area contributed by atoms with Gasteiger partial charge in [-0.1, -0.05) is 58.4 Å². The second-order valence-corrected chi connectivity index (χ2v) is 6.32. The summed E-state index contributed by atoms with van der Waals surface area (Å²) in [6.45, 7) is 2.07. The van der Waals surface area contributed by atoms with Crippen LogP contribution in [-0.4, -0.2) is 17.6 Å². The highest BCUT2D eigenvalue weighted by Crippen LogP contribution is 2.38. The number of nitrogens with two attached hydrogens (primary N) is 1. The Balaban J connectivity index is 2.31. The van der Waals surface area contributed by atoms with Crippen molar-refractivity contribution in [2.24, 2.45) is 0 Å². The van der Waals surface area contributed by atoms with Crippen LogP contribution in [0.15, 0.2) is 65.3 Å². The summed E-state index contributed by atoms with van der Waals surface area (Å²) in [7, 11) is 0. The molecule has 0 aliphatic rings. The average molecular weight is 397 g/mol. The van der Waals surface area contributed by atoms with Crippen molar-refractivity contribution >= 4 is 27.7 Å². The summed E-state index contributed by atoms with van der Waals surface area (Å²) in [5, 5.41) is 0. The number of hydrogen-bond donors (Lipinski definition) is 1. The Bertz CT molecular complexity index is 894. The molecule has 0 bridgehead atoms. The van der Waals surface area contributed by atoms with Crippen molar-refractivity contribution in [3.63, 3.8) is 0 Å².